The Hall–Kier alpha value is -0.160. The number of unbranched alkanes of at least 4 members (excludes halogenated alkanes) is 15. The van der Waals surface area contributed by atoms with Crippen LogP contribution < -0.4 is 0 Å². The van der Waals surface area contributed by atoms with Crippen molar-refractivity contribution in [3.05, 3.63) is 0 Å². The lowest BCUT2D eigenvalue weighted by atomic mass is 10.1. The molecule has 0 aliphatic rings. The van der Waals surface area contributed by atoms with Gasteiger partial charge in [-0.3, -0.25) is 0 Å². The van der Waals surface area contributed by atoms with Crippen molar-refractivity contribution in [2.45, 2.75) is 156 Å². The highest BCUT2D eigenvalue weighted by atomic mass is 15.3. The lowest BCUT2D eigenvalue weighted by Crippen LogP contribution is -2.45. The highest BCUT2D eigenvalue weighted by molar-refractivity contribution is 4.60. The minimum Gasteiger partial charge on any atom is -0.328 e. The molecule has 0 fully saturated rings. The van der Waals surface area contributed by atoms with Crippen LogP contribution in [0.25, 0.3) is 0 Å². The third kappa shape index (κ3) is 29.0. The molecule has 260 valence electrons. The molecule has 0 bridgehead atoms. The predicted molar refractivity (Wildman–Crippen MR) is 196 cm³/mol. The molecule has 0 amide bonds. The number of nitrogens with zero attached hydrogens (tertiary/aromatic N) is 4. The first-order valence-electron chi connectivity index (χ1n) is 19.7. The summed E-state index contributed by atoms with van der Waals surface area (Å²) in [6, 6.07) is 0. The van der Waals surface area contributed by atoms with Crippen LogP contribution >= 0.6 is 0 Å². The summed E-state index contributed by atoms with van der Waals surface area (Å²) in [5.74, 6) is 0. The van der Waals surface area contributed by atoms with Gasteiger partial charge in [0.15, 0.2) is 0 Å². The van der Waals surface area contributed by atoms with E-state index in [2.05, 4.69) is 68.0 Å². The zero-order valence-electron chi connectivity index (χ0n) is 32.0. The molecule has 0 heterocycles. The van der Waals surface area contributed by atoms with Crippen molar-refractivity contribution in [1.82, 2.24) is 4.90 Å². The van der Waals surface area contributed by atoms with Crippen LogP contribution in [0.2, 0.25) is 0 Å². The van der Waals surface area contributed by atoms with Crippen molar-refractivity contribution >= 4 is 0 Å². The molecule has 0 aromatic heterocycles. The smallest absolute Gasteiger partial charge is 0.0794 e. The maximum Gasteiger partial charge on any atom is 0.0794 e. The maximum atomic E-state index is 2.85. The second kappa shape index (κ2) is 27.0. The normalized spacial score (nSPS) is 13.0. The van der Waals surface area contributed by atoms with Crippen molar-refractivity contribution in [2.75, 3.05) is 101 Å². The van der Waals surface area contributed by atoms with Gasteiger partial charge in [0.1, 0.15) is 0 Å². The van der Waals surface area contributed by atoms with Crippen LogP contribution in [0.1, 0.15) is 156 Å². The lowest BCUT2D eigenvalue weighted by Gasteiger charge is -2.34. The third-order valence-corrected chi connectivity index (χ3v) is 10.1. The van der Waals surface area contributed by atoms with Crippen molar-refractivity contribution in [3.63, 3.8) is 0 Å². The van der Waals surface area contributed by atoms with E-state index < -0.39 is 0 Å². The van der Waals surface area contributed by atoms with E-state index in [0.717, 1.165) is 0 Å². The quantitative estimate of drug-likeness (QED) is 0.0527. The molecule has 0 rings (SSSR count). The largest absolute Gasteiger partial charge is 0.328 e. The average Bonchev–Trinajstić information content (AvgIpc) is 2.94. The summed E-state index contributed by atoms with van der Waals surface area (Å²) in [6.07, 6.45) is 29.4. The second-order valence-electron chi connectivity index (χ2n) is 16.4. The highest BCUT2D eigenvalue weighted by Gasteiger charge is 2.19. The van der Waals surface area contributed by atoms with Gasteiger partial charge in [-0.2, -0.15) is 0 Å². The molecule has 4 heteroatoms. The number of rotatable bonds is 33. The van der Waals surface area contributed by atoms with Gasteiger partial charge in [0.2, 0.25) is 0 Å². The van der Waals surface area contributed by atoms with Gasteiger partial charge in [-0.25, -0.2) is 0 Å². The molecule has 4 nitrogen and oxygen atoms in total. The molecule has 0 unspecified atom stereocenters. The number of hydrogen-bond donors (Lipinski definition) is 0. The first kappa shape index (κ1) is 42.8. The van der Waals surface area contributed by atoms with E-state index >= 15 is 0 Å². The molecule has 0 aromatic carbocycles. The van der Waals surface area contributed by atoms with E-state index in [9.17, 15) is 0 Å². The molecule has 0 aromatic rings. The van der Waals surface area contributed by atoms with Gasteiger partial charge in [0.25, 0.3) is 0 Å². The fraction of sp³-hybridized carbons (Fsp3) is 1.00. The molecule has 0 aliphatic carbocycles. The summed E-state index contributed by atoms with van der Waals surface area (Å²) in [5, 5.41) is 0. The first-order chi connectivity index (χ1) is 20.5. The van der Waals surface area contributed by atoms with Crippen LogP contribution in [0.5, 0.6) is 0 Å². The Morgan fingerprint density at radius 1 is 0.279 bits per heavy atom. The minimum absolute atomic E-state index is 1.20. The van der Waals surface area contributed by atoms with Gasteiger partial charge in [-0.15, -0.1) is 0 Å². The summed E-state index contributed by atoms with van der Waals surface area (Å²) >= 11 is 0. The lowest BCUT2D eigenvalue weighted by molar-refractivity contribution is -0.891. The third-order valence-electron chi connectivity index (χ3n) is 10.1. The number of hydrogen-bond acceptors (Lipinski definition) is 1. The first-order valence-corrected chi connectivity index (χ1v) is 19.7. The zero-order chi connectivity index (χ0) is 32.3. The Morgan fingerprint density at radius 2 is 0.488 bits per heavy atom. The molecule has 43 heavy (non-hydrogen) atoms. The monoisotopic (exact) mass is 612 g/mol. The minimum atomic E-state index is 1.20. The van der Waals surface area contributed by atoms with Gasteiger partial charge in [0, 0.05) is 38.9 Å². The zero-order valence-corrected chi connectivity index (χ0v) is 32.0. The van der Waals surface area contributed by atoms with E-state index in [1.807, 2.05) is 0 Å². The average molecular weight is 612 g/mol. The Labute approximate surface area is 274 Å². The van der Waals surface area contributed by atoms with Crippen molar-refractivity contribution in [2.24, 2.45) is 0 Å². The molecule has 0 aliphatic heterocycles. The van der Waals surface area contributed by atoms with E-state index in [-0.39, 0.29) is 0 Å². The van der Waals surface area contributed by atoms with Crippen LogP contribution in [0, 0.1) is 0 Å². The molecule has 0 spiro atoms. The topological polar surface area (TPSA) is 3.24 Å². The second-order valence-corrected chi connectivity index (χ2v) is 16.4. The summed E-state index contributed by atoms with van der Waals surface area (Å²) in [7, 11) is 14.8. The van der Waals surface area contributed by atoms with E-state index in [1.165, 1.54) is 207 Å². The van der Waals surface area contributed by atoms with Crippen LogP contribution in [0.4, 0.5) is 0 Å². The number of quaternary nitrogens is 3. The summed E-state index contributed by atoms with van der Waals surface area (Å²) < 4.78 is 3.60. The standard InChI is InChI=1S/C39H87N4/c1-10-13-16-19-22-25-34-41(4,5)37-28-31-40(32-29-38-42(6,7)35-26-23-20-17-14-11-2)33-30-39-43(8,9)36-27-24-21-18-15-12-3/h10-39H2,1-9H3/q+3. The Kier molecular flexibility index (Phi) is 26.9. The van der Waals surface area contributed by atoms with E-state index in [1.54, 1.807) is 0 Å². The predicted octanol–water partition coefficient (Wildman–Crippen LogP) is 9.77. The summed E-state index contributed by atoms with van der Waals surface area (Å²) in [6.45, 7) is 18.8. The van der Waals surface area contributed by atoms with Crippen molar-refractivity contribution in [3.8, 4) is 0 Å². The molecule has 0 saturated heterocycles. The van der Waals surface area contributed by atoms with Crippen molar-refractivity contribution < 1.29 is 13.4 Å². The van der Waals surface area contributed by atoms with Gasteiger partial charge >= 0.3 is 0 Å². The Morgan fingerprint density at radius 3 is 0.744 bits per heavy atom. The fourth-order valence-electron chi connectivity index (χ4n) is 6.80. The van der Waals surface area contributed by atoms with Crippen LogP contribution in [-0.4, -0.2) is 120 Å². The van der Waals surface area contributed by atoms with E-state index in [4.69, 9.17) is 0 Å². The van der Waals surface area contributed by atoms with Gasteiger partial charge < -0.3 is 18.3 Å². The molecule has 0 saturated carbocycles. The Balaban J connectivity index is 4.66. The molecule has 0 N–H and O–H groups in total. The van der Waals surface area contributed by atoms with Crippen molar-refractivity contribution in [1.29, 1.82) is 0 Å². The SMILES string of the molecule is CCCCCCCC[N+](C)(C)CCCN(CCC[N+](C)(C)CCCCCCCC)CCC[N+](C)(C)CCCCCCCC. The van der Waals surface area contributed by atoms with Gasteiger partial charge in [-0.05, 0) is 38.5 Å². The molecule has 0 atom stereocenters. The molecule has 0 radical (unpaired) electrons. The van der Waals surface area contributed by atoms with Gasteiger partial charge in [0.05, 0.1) is 81.6 Å². The van der Waals surface area contributed by atoms with Crippen LogP contribution in [-0.2, 0) is 0 Å². The highest BCUT2D eigenvalue weighted by Crippen LogP contribution is 2.13. The van der Waals surface area contributed by atoms with Crippen LogP contribution in [0.3, 0.4) is 0 Å². The fourth-order valence-corrected chi connectivity index (χ4v) is 6.80. The summed E-state index contributed by atoms with van der Waals surface area (Å²) in [5.41, 5.74) is 0. The molecular weight excluding hydrogens is 524 g/mol. The maximum absolute atomic E-state index is 2.85. The summed E-state index contributed by atoms with van der Waals surface area (Å²) in [4.78, 5) is 2.85. The molecular formula is C39H87N4+3. The van der Waals surface area contributed by atoms with E-state index in [0.29, 0.717) is 0 Å². The van der Waals surface area contributed by atoms with Crippen LogP contribution in [0.15, 0.2) is 0 Å². The van der Waals surface area contributed by atoms with Gasteiger partial charge in [-0.1, -0.05) is 97.8 Å². The Bertz CT molecular complexity index is 505.